The molecule has 0 saturated heterocycles. The van der Waals surface area contributed by atoms with Crippen LogP contribution in [0.2, 0.25) is 0 Å². The minimum Gasteiger partial charge on any atom is -0.443 e. The molecule has 1 heterocycles. The molecule has 1 aromatic carbocycles. The molecule has 0 saturated carbocycles. The molecule has 19 heavy (non-hydrogen) atoms. The molecule has 0 amide bonds. The van der Waals surface area contributed by atoms with Gasteiger partial charge >= 0.3 is 6.09 Å². The number of benzene rings is 1. The summed E-state index contributed by atoms with van der Waals surface area (Å²) < 4.78 is 6.60. The highest BCUT2D eigenvalue weighted by molar-refractivity contribution is 6.68. The van der Waals surface area contributed by atoms with Crippen molar-refractivity contribution in [2.75, 3.05) is 0 Å². The molecule has 0 unspecified atom stereocenters. The van der Waals surface area contributed by atoms with Crippen LogP contribution in [-0.2, 0) is 4.74 Å². The van der Waals surface area contributed by atoms with E-state index in [1.165, 1.54) is 10.8 Å². The van der Waals surface area contributed by atoms with Gasteiger partial charge in [-0.3, -0.25) is 9.36 Å². The van der Waals surface area contributed by atoms with Crippen LogP contribution in [0.15, 0.2) is 30.5 Å². The molecule has 0 radical (unpaired) electrons. The first-order valence-corrected chi connectivity index (χ1v) is 6.20. The number of nitrogens with zero attached hydrogens (tertiary/aromatic N) is 1. The van der Waals surface area contributed by atoms with Gasteiger partial charge in [-0.25, -0.2) is 4.79 Å². The lowest BCUT2D eigenvalue weighted by molar-refractivity contribution is 0.0544. The zero-order valence-corrected chi connectivity index (χ0v) is 11.7. The zero-order valence-electron chi connectivity index (χ0n) is 10.9. The molecule has 2 rings (SSSR count). The number of hydrogen-bond acceptors (Lipinski definition) is 3. The summed E-state index contributed by atoms with van der Waals surface area (Å²) in [6, 6.07) is 7.05. The maximum Gasteiger partial charge on any atom is 0.419 e. The predicted molar refractivity (Wildman–Crippen MR) is 73.8 cm³/mol. The first-order chi connectivity index (χ1) is 8.79. The Labute approximate surface area is 115 Å². The summed E-state index contributed by atoms with van der Waals surface area (Å²) in [5.41, 5.74) is 0.289. The van der Waals surface area contributed by atoms with E-state index in [0.29, 0.717) is 16.5 Å². The van der Waals surface area contributed by atoms with Crippen LogP contribution in [0.25, 0.3) is 10.9 Å². The lowest BCUT2D eigenvalue weighted by Crippen LogP contribution is -2.26. The molecule has 0 bridgehead atoms. The Kier molecular flexibility index (Phi) is 3.37. The summed E-state index contributed by atoms with van der Waals surface area (Å²) in [6.07, 6.45) is 0.876. The van der Waals surface area contributed by atoms with Crippen molar-refractivity contribution in [3.8, 4) is 0 Å². The number of hydrogen-bond donors (Lipinski definition) is 0. The molecule has 0 aliphatic heterocycles. The van der Waals surface area contributed by atoms with E-state index in [1.54, 1.807) is 45.0 Å². The van der Waals surface area contributed by atoms with Crippen LogP contribution in [0.1, 0.15) is 31.1 Å². The Morgan fingerprint density at radius 1 is 1.21 bits per heavy atom. The van der Waals surface area contributed by atoms with Crippen LogP contribution < -0.4 is 0 Å². The van der Waals surface area contributed by atoms with E-state index >= 15 is 0 Å². The Balaban J connectivity index is 2.55. The van der Waals surface area contributed by atoms with Crippen molar-refractivity contribution in [1.29, 1.82) is 0 Å². The fourth-order valence-corrected chi connectivity index (χ4v) is 1.95. The van der Waals surface area contributed by atoms with Gasteiger partial charge in [0.15, 0.2) is 0 Å². The second kappa shape index (κ2) is 4.70. The van der Waals surface area contributed by atoms with Gasteiger partial charge < -0.3 is 4.74 Å². The van der Waals surface area contributed by atoms with Crippen molar-refractivity contribution in [3.63, 3.8) is 0 Å². The Hall–Kier alpha value is -1.81. The van der Waals surface area contributed by atoms with Gasteiger partial charge in [-0.05, 0) is 38.4 Å². The minimum atomic E-state index is -0.604. The highest BCUT2D eigenvalue weighted by Gasteiger charge is 2.21. The number of carbonyl (C=O) groups is 2. The van der Waals surface area contributed by atoms with E-state index in [4.69, 9.17) is 16.3 Å². The lowest BCUT2D eigenvalue weighted by atomic mass is 10.2. The van der Waals surface area contributed by atoms with E-state index in [1.807, 2.05) is 0 Å². The van der Waals surface area contributed by atoms with Crippen LogP contribution >= 0.6 is 11.6 Å². The van der Waals surface area contributed by atoms with E-state index < -0.39 is 16.9 Å². The maximum atomic E-state index is 12.1. The van der Waals surface area contributed by atoms with Crippen LogP contribution in [0.4, 0.5) is 4.79 Å². The number of aromatic nitrogens is 1. The third-order valence-electron chi connectivity index (χ3n) is 2.51. The lowest BCUT2D eigenvalue weighted by Gasteiger charge is -2.19. The van der Waals surface area contributed by atoms with Gasteiger partial charge in [-0.2, -0.15) is 0 Å². The first kappa shape index (κ1) is 13.6. The topological polar surface area (TPSA) is 48.3 Å². The van der Waals surface area contributed by atoms with Crippen molar-refractivity contribution in [2.45, 2.75) is 26.4 Å². The monoisotopic (exact) mass is 279 g/mol. The second-order valence-corrected chi connectivity index (χ2v) is 5.53. The summed E-state index contributed by atoms with van der Waals surface area (Å²) in [7, 11) is 0. The maximum absolute atomic E-state index is 12.1. The molecule has 0 spiro atoms. The number of ether oxygens (including phenoxy) is 1. The smallest absolute Gasteiger partial charge is 0.419 e. The van der Waals surface area contributed by atoms with Crippen LogP contribution in [0.5, 0.6) is 0 Å². The fourth-order valence-electron chi connectivity index (χ4n) is 1.80. The minimum absolute atomic E-state index is 0.295. The standard InChI is InChI=1S/C14H14ClNO3/c1-14(2,3)19-13(18)16-8-10(12(15)17)9-6-4-5-7-11(9)16/h4-8H,1-3H3. The fraction of sp³-hybridized carbons (Fsp3) is 0.286. The van der Waals surface area contributed by atoms with E-state index in [-0.39, 0.29) is 0 Å². The summed E-state index contributed by atoms with van der Waals surface area (Å²) in [4.78, 5) is 23.5. The van der Waals surface area contributed by atoms with Gasteiger partial charge in [0.25, 0.3) is 5.24 Å². The number of para-hydroxylation sites is 1. The predicted octanol–water partition coefficient (Wildman–Crippen LogP) is 3.80. The molecule has 0 aliphatic carbocycles. The van der Waals surface area contributed by atoms with Crippen molar-refractivity contribution in [2.24, 2.45) is 0 Å². The van der Waals surface area contributed by atoms with E-state index in [0.717, 1.165) is 0 Å². The molecule has 0 aliphatic rings. The number of rotatable bonds is 1. The average molecular weight is 280 g/mol. The summed E-state index contributed by atoms with van der Waals surface area (Å²) >= 11 is 5.53. The van der Waals surface area contributed by atoms with Gasteiger partial charge in [0.05, 0.1) is 11.1 Å². The Morgan fingerprint density at radius 2 is 1.84 bits per heavy atom. The largest absolute Gasteiger partial charge is 0.443 e. The number of halogens is 1. The molecule has 0 N–H and O–H groups in total. The normalized spacial score (nSPS) is 11.6. The summed E-state index contributed by atoms with van der Waals surface area (Å²) in [5, 5.41) is 0.0341. The molecule has 1 aromatic heterocycles. The molecule has 0 atom stereocenters. The number of fused-ring (bicyclic) bond motifs is 1. The highest BCUT2D eigenvalue weighted by atomic mass is 35.5. The van der Waals surface area contributed by atoms with Gasteiger partial charge in [-0.15, -0.1) is 0 Å². The van der Waals surface area contributed by atoms with Gasteiger partial charge in [-0.1, -0.05) is 18.2 Å². The highest BCUT2D eigenvalue weighted by Crippen LogP contribution is 2.23. The van der Waals surface area contributed by atoms with Crippen LogP contribution in [-0.4, -0.2) is 21.5 Å². The quantitative estimate of drug-likeness (QED) is 0.746. The Bertz CT molecular complexity index is 652. The summed E-state index contributed by atoms with van der Waals surface area (Å²) in [6.45, 7) is 5.35. The second-order valence-electron chi connectivity index (χ2n) is 5.18. The third kappa shape index (κ3) is 2.79. The zero-order chi connectivity index (χ0) is 14.2. The first-order valence-electron chi connectivity index (χ1n) is 5.83. The SMILES string of the molecule is CC(C)(C)OC(=O)n1cc(C(=O)Cl)c2ccccc21. The van der Waals surface area contributed by atoms with Crippen molar-refractivity contribution >= 4 is 33.8 Å². The number of carbonyl (C=O) groups excluding carboxylic acids is 2. The molecule has 0 fully saturated rings. The molecule has 100 valence electrons. The van der Waals surface area contributed by atoms with Gasteiger partial charge in [0.1, 0.15) is 5.60 Å². The molecular formula is C14H14ClNO3. The molecular weight excluding hydrogens is 266 g/mol. The van der Waals surface area contributed by atoms with Crippen molar-refractivity contribution < 1.29 is 14.3 Å². The average Bonchev–Trinajstić information content (AvgIpc) is 2.66. The van der Waals surface area contributed by atoms with Crippen LogP contribution in [0, 0.1) is 0 Å². The van der Waals surface area contributed by atoms with Gasteiger partial charge in [0, 0.05) is 11.6 Å². The third-order valence-corrected chi connectivity index (χ3v) is 2.72. The molecule has 4 nitrogen and oxygen atoms in total. The summed E-state index contributed by atoms with van der Waals surface area (Å²) in [5.74, 6) is 0. The Morgan fingerprint density at radius 3 is 2.42 bits per heavy atom. The van der Waals surface area contributed by atoms with Gasteiger partial charge in [0.2, 0.25) is 0 Å². The molecule has 2 aromatic rings. The van der Waals surface area contributed by atoms with Crippen molar-refractivity contribution in [1.82, 2.24) is 4.57 Å². The molecule has 5 heteroatoms. The van der Waals surface area contributed by atoms with Crippen molar-refractivity contribution in [3.05, 3.63) is 36.0 Å². The van der Waals surface area contributed by atoms with E-state index in [9.17, 15) is 9.59 Å². The van der Waals surface area contributed by atoms with E-state index in [2.05, 4.69) is 0 Å². The van der Waals surface area contributed by atoms with Crippen LogP contribution in [0.3, 0.4) is 0 Å².